The van der Waals surface area contributed by atoms with Gasteiger partial charge in [0.15, 0.2) is 0 Å². The van der Waals surface area contributed by atoms with E-state index in [4.69, 9.17) is 0 Å². The molecule has 0 aromatic heterocycles. The quantitative estimate of drug-likeness (QED) is 0.892. The minimum absolute atomic E-state index is 0.154. The number of phenolic OH excluding ortho intramolecular Hbond substituents is 2. The Morgan fingerprint density at radius 3 is 2.15 bits per heavy atom. The van der Waals surface area contributed by atoms with Gasteiger partial charge in [-0.05, 0) is 49.6 Å². The van der Waals surface area contributed by atoms with Gasteiger partial charge in [-0.15, -0.1) is 0 Å². The van der Waals surface area contributed by atoms with Crippen LogP contribution in [0.5, 0.6) is 11.5 Å². The fourth-order valence-corrected chi connectivity index (χ4v) is 3.87. The van der Waals surface area contributed by atoms with Crippen LogP contribution < -0.4 is 0 Å². The van der Waals surface area contributed by atoms with E-state index in [1.807, 2.05) is 0 Å². The molecule has 0 unspecified atom stereocenters. The number of hydrogen-bond donors (Lipinski definition) is 2. The molecule has 0 bridgehead atoms. The Morgan fingerprint density at radius 2 is 1.50 bits per heavy atom. The smallest absolute Gasteiger partial charge is 0.214 e. The lowest BCUT2D eigenvalue weighted by Crippen LogP contribution is -2.06. The fraction of sp³-hybridized carbons (Fsp3) is 0.200. The van der Waals surface area contributed by atoms with Crippen LogP contribution in [0.25, 0.3) is 0 Å². The molecule has 0 fully saturated rings. The lowest BCUT2D eigenvalue weighted by molar-refractivity contribution is 0.449. The topological polar surface area (TPSA) is 74.6 Å². The zero-order valence-electron chi connectivity index (χ0n) is 11.5. The van der Waals surface area contributed by atoms with Gasteiger partial charge in [-0.2, -0.15) is 0 Å². The molecule has 0 radical (unpaired) electrons. The van der Waals surface area contributed by atoms with Gasteiger partial charge in [-0.25, -0.2) is 8.42 Å². The van der Waals surface area contributed by atoms with E-state index in [-0.39, 0.29) is 21.3 Å². The molecule has 0 saturated heterocycles. The molecule has 0 aliphatic heterocycles. The van der Waals surface area contributed by atoms with E-state index in [1.165, 1.54) is 12.1 Å². The highest BCUT2D eigenvalue weighted by atomic mass is 32.2. The maximum Gasteiger partial charge on any atom is 0.214 e. The lowest BCUT2D eigenvalue weighted by atomic mass is 10.1. The van der Waals surface area contributed by atoms with Crippen molar-refractivity contribution < 1.29 is 18.6 Å². The molecule has 0 atom stereocenters. The first kappa shape index (κ1) is 14.4. The molecule has 106 valence electrons. The standard InChI is InChI=1S/C15H16O4S/c1-9-4-7-12(16)13(8-9)20(18,19)15-11(3)6-5-10(2)14(15)17/h4-8,16-17H,1-3H3. The summed E-state index contributed by atoms with van der Waals surface area (Å²) in [7, 11) is -3.98. The second-order valence-corrected chi connectivity index (χ2v) is 6.71. The van der Waals surface area contributed by atoms with Crippen molar-refractivity contribution in [3.63, 3.8) is 0 Å². The largest absolute Gasteiger partial charge is 0.507 e. The van der Waals surface area contributed by atoms with Crippen molar-refractivity contribution >= 4 is 9.84 Å². The summed E-state index contributed by atoms with van der Waals surface area (Å²) in [5.74, 6) is -0.596. The van der Waals surface area contributed by atoms with Gasteiger partial charge in [0, 0.05) is 0 Å². The molecular formula is C15H16O4S. The summed E-state index contributed by atoms with van der Waals surface area (Å²) in [4.78, 5) is -0.347. The zero-order chi connectivity index (χ0) is 15.1. The molecule has 2 rings (SSSR count). The van der Waals surface area contributed by atoms with Gasteiger partial charge in [0.05, 0.1) is 0 Å². The van der Waals surface area contributed by atoms with Crippen molar-refractivity contribution in [3.8, 4) is 11.5 Å². The number of phenols is 2. The number of benzene rings is 2. The molecule has 4 nitrogen and oxygen atoms in total. The Labute approximate surface area is 118 Å². The molecule has 20 heavy (non-hydrogen) atoms. The third kappa shape index (κ3) is 2.25. The number of rotatable bonds is 2. The van der Waals surface area contributed by atoms with E-state index in [0.29, 0.717) is 16.7 Å². The second kappa shape index (κ2) is 4.83. The molecule has 0 saturated carbocycles. The monoisotopic (exact) mass is 292 g/mol. The molecule has 2 N–H and O–H groups in total. The molecular weight excluding hydrogens is 276 g/mol. The average molecular weight is 292 g/mol. The van der Waals surface area contributed by atoms with E-state index >= 15 is 0 Å². The minimum Gasteiger partial charge on any atom is -0.507 e. The number of sulfone groups is 1. The zero-order valence-corrected chi connectivity index (χ0v) is 12.3. The van der Waals surface area contributed by atoms with E-state index in [9.17, 15) is 18.6 Å². The molecule has 0 spiro atoms. The predicted octanol–water partition coefficient (Wildman–Crippen LogP) is 2.86. The Bertz CT molecular complexity index is 777. The van der Waals surface area contributed by atoms with Crippen molar-refractivity contribution in [2.24, 2.45) is 0 Å². The van der Waals surface area contributed by atoms with Gasteiger partial charge in [-0.3, -0.25) is 0 Å². The summed E-state index contributed by atoms with van der Waals surface area (Å²) in [5.41, 5.74) is 1.63. The Hall–Kier alpha value is -2.01. The van der Waals surface area contributed by atoms with E-state index in [0.717, 1.165) is 0 Å². The molecule has 2 aromatic rings. The van der Waals surface area contributed by atoms with Gasteiger partial charge in [0.1, 0.15) is 21.3 Å². The van der Waals surface area contributed by atoms with Gasteiger partial charge in [-0.1, -0.05) is 18.2 Å². The van der Waals surface area contributed by atoms with Crippen LogP contribution in [-0.4, -0.2) is 18.6 Å². The van der Waals surface area contributed by atoms with Crippen LogP contribution in [0.4, 0.5) is 0 Å². The first-order valence-electron chi connectivity index (χ1n) is 6.09. The van der Waals surface area contributed by atoms with Crippen molar-refractivity contribution in [3.05, 3.63) is 47.0 Å². The van der Waals surface area contributed by atoms with Crippen molar-refractivity contribution in [1.29, 1.82) is 0 Å². The molecule has 0 amide bonds. The van der Waals surface area contributed by atoms with Crippen LogP contribution in [0.15, 0.2) is 40.1 Å². The Balaban J connectivity index is 2.80. The predicted molar refractivity (Wildman–Crippen MR) is 75.9 cm³/mol. The summed E-state index contributed by atoms with van der Waals surface area (Å²) in [6.07, 6.45) is 0. The average Bonchev–Trinajstić information content (AvgIpc) is 2.37. The highest BCUT2D eigenvalue weighted by Gasteiger charge is 2.27. The van der Waals surface area contributed by atoms with Gasteiger partial charge < -0.3 is 10.2 Å². The molecule has 0 heterocycles. The summed E-state index contributed by atoms with van der Waals surface area (Å²) in [6, 6.07) is 7.64. The van der Waals surface area contributed by atoms with Crippen LogP contribution in [0, 0.1) is 20.8 Å². The van der Waals surface area contributed by atoms with Gasteiger partial charge in [0.25, 0.3) is 0 Å². The molecule has 0 aliphatic carbocycles. The van der Waals surface area contributed by atoms with Gasteiger partial charge >= 0.3 is 0 Å². The summed E-state index contributed by atoms with van der Waals surface area (Å²) >= 11 is 0. The van der Waals surface area contributed by atoms with Crippen LogP contribution in [0.1, 0.15) is 16.7 Å². The summed E-state index contributed by atoms with van der Waals surface area (Å²) < 4.78 is 25.4. The fourth-order valence-electron chi connectivity index (χ4n) is 2.06. The third-order valence-electron chi connectivity index (χ3n) is 3.20. The highest BCUT2D eigenvalue weighted by Crippen LogP contribution is 2.37. The van der Waals surface area contributed by atoms with Crippen LogP contribution in [0.2, 0.25) is 0 Å². The van der Waals surface area contributed by atoms with Crippen LogP contribution >= 0.6 is 0 Å². The van der Waals surface area contributed by atoms with E-state index in [2.05, 4.69) is 0 Å². The minimum atomic E-state index is -3.98. The maximum atomic E-state index is 12.7. The van der Waals surface area contributed by atoms with Crippen molar-refractivity contribution in [1.82, 2.24) is 0 Å². The molecule has 2 aromatic carbocycles. The van der Waals surface area contributed by atoms with E-state index in [1.54, 1.807) is 39.0 Å². The van der Waals surface area contributed by atoms with Crippen molar-refractivity contribution in [2.45, 2.75) is 30.6 Å². The summed E-state index contributed by atoms with van der Waals surface area (Å²) in [6.45, 7) is 4.98. The van der Waals surface area contributed by atoms with E-state index < -0.39 is 9.84 Å². The molecule has 0 aliphatic rings. The van der Waals surface area contributed by atoms with Crippen LogP contribution in [-0.2, 0) is 9.84 Å². The number of aromatic hydroxyl groups is 2. The van der Waals surface area contributed by atoms with Crippen molar-refractivity contribution in [2.75, 3.05) is 0 Å². The summed E-state index contributed by atoms with van der Waals surface area (Å²) in [5, 5.41) is 19.9. The Morgan fingerprint density at radius 1 is 0.900 bits per heavy atom. The van der Waals surface area contributed by atoms with Crippen LogP contribution in [0.3, 0.4) is 0 Å². The third-order valence-corrected chi connectivity index (χ3v) is 5.16. The SMILES string of the molecule is Cc1ccc(O)c(S(=O)(=O)c2c(C)ccc(C)c2O)c1. The molecule has 5 heteroatoms. The second-order valence-electron chi connectivity index (χ2n) is 4.85. The highest BCUT2D eigenvalue weighted by molar-refractivity contribution is 7.91. The first-order chi connectivity index (χ1) is 9.25. The maximum absolute atomic E-state index is 12.7. The van der Waals surface area contributed by atoms with Gasteiger partial charge in [0.2, 0.25) is 9.84 Å². The lowest BCUT2D eigenvalue weighted by Gasteiger charge is -2.13. The number of aryl methyl sites for hydroxylation is 3. The Kier molecular flexibility index (Phi) is 3.48. The normalized spacial score (nSPS) is 11.6. The first-order valence-corrected chi connectivity index (χ1v) is 7.57. The number of hydrogen-bond acceptors (Lipinski definition) is 4.